The van der Waals surface area contributed by atoms with Crippen molar-refractivity contribution in [3.63, 3.8) is 0 Å². The molecule has 0 radical (unpaired) electrons. The third kappa shape index (κ3) is 2.68. The van der Waals surface area contributed by atoms with Crippen LogP contribution in [0.2, 0.25) is 0 Å². The molecule has 3 amide bonds. The Kier molecular flexibility index (Phi) is 3.90. The molecule has 24 heavy (non-hydrogen) atoms. The second-order valence-corrected chi connectivity index (χ2v) is 6.93. The van der Waals surface area contributed by atoms with Gasteiger partial charge in [0.1, 0.15) is 0 Å². The van der Waals surface area contributed by atoms with Gasteiger partial charge in [-0.3, -0.25) is 9.35 Å². The molecule has 5 N–H and O–H groups in total. The van der Waals surface area contributed by atoms with E-state index in [1.807, 2.05) is 0 Å². The number of hydroxylamine groups is 2. The van der Waals surface area contributed by atoms with Gasteiger partial charge >= 0.3 is 16.4 Å². The minimum Gasteiger partial charge on any atom is -0.377 e. The van der Waals surface area contributed by atoms with Gasteiger partial charge in [0.2, 0.25) is 5.60 Å². The molecule has 3 atom stereocenters. The predicted molar refractivity (Wildman–Crippen MR) is 77.5 cm³/mol. The van der Waals surface area contributed by atoms with E-state index in [0.29, 0.717) is 23.6 Å². The summed E-state index contributed by atoms with van der Waals surface area (Å²) in [7, 11) is -4.80. The molecule has 0 spiro atoms. The summed E-state index contributed by atoms with van der Waals surface area (Å²) in [5.74, 6) is -0.749. The molecule has 3 heterocycles. The summed E-state index contributed by atoms with van der Waals surface area (Å²) < 4.78 is 34.9. The second kappa shape index (κ2) is 5.54. The molecule has 0 aromatic carbocycles. The summed E-state index contributed by atoms with van der Waals surface area (Å²) in [6.45, 7) is 0.0425. The fraction of sp³-hybridized carbons (Fsp3) is 0.727. The van der Waals surface area contributed by atoms with Crippen LogP contribution in [0.1, 0.15) is 19.3 Å². The Morgan fingerprint density at radius 1 is 1.50 bits per heavy atom. The van der Waals surface area contributed by atoms with Crippen molar-refractivity contribution >= 4 is 28.0 Å². The van der Waals surface area contributed by atoms with Crippen LogP contribution in [0.15, 0.2) is 5.16 Å². The number of nitrogens with zero attached hydrogens (tertiary/aromatic N) is 3. The Bertz CT molecular complexity index is 710. The number of nitrogens with two attached hydrogens (primary N) is 2. The molecule has 3 aliphatic heterocycles. The number of fused-ring (bicyclic) bond motifs is 2. The monoisotopic (exact) mass is 363 g/mol. The van der Waals surface area contributed by atoms with E-state index < -0.39 is 40.0 Å². The van der Waals surface area contributed by atoms with Crippen LogP contribution in [0.25, 0.3) is 0 Å². The molecule has 3 rings (SSSR count). The van der Waals surface area contributed by atoms with E-state index in [4.69, 9.17) is 20.9 Å². The molecule has 12 nitrogen and oxygen atoms in total. The molecule has 13 heteroatoms. The number of primary amides is 1. The molecule has 1 unspecified atom stereocenters. The van der Waals surface area contributed by atoms with Gasteiger partial charge in [0, 0.05) is 19.5 Å². The highest BCUT2D eigenvalue weighted by atomic mass is 32.3. The van der Waals surface area contributed by atoms with Gasteiger partial charge in [0.25, 0.3) is 5.91 Å². The lowest BCUT2D eigenvalue weighted by atomic mass is 9.89. The van der Waals surface area contributed by atoms with Gasteiger partial charge < -0.3 is 21.2 Å². The average molecular weight is 363 g/mol. The van der Waals surface area contributed by atoms with Crippen LogP contribution >= 0.6 is 0 Å². The highest BCUT2D eigenvalue weighted by Crippen LogP contribution is 2.35. The highest BCUT2D eigenvalue weighted by Gasteiger charge is 2.52. The minimum atomic E-state index is -4.80. The number of urea groups is 1. The topological polar surface area (TPSA) is 178 Å². The molecule has 0 aromatic rings. The molecule has 134 valence electrons. The van der Waals surface area contributed by atoms with Crippen LogP contribution in [0.4, 0.5) is 4.79 Å². The highest BCUT2D eigenvalue weighted by molar-refractivity contribution is 7.80. The van der Waals surface area contributed by atoms with Gasteiger partial charge in [-0.05, 0) is 12.8 Å². The van der Waals surface area contributed by atoms with E-state index in [1.54, 1.807) is 0 Å². The SMILES string of the molecule is NCC1(C(N)=O)CC([C@@H]2CC[C@@H]3CN2C(=O)N3OS(=O)(=O)O)=NO1. The molecule has 2 fully saturated rings. The van der Waals surface area contributed by atoms with Gasteiger partial charge in [0.15, 0.2) is 0 Å². The summed E-state index contributed by atoms with van der Waals surface area (Å²) in [6.07, 6.45) is 0.939. The number of hydrogen-bond donors (Lipinski definition) is 3. The zero-order chi connectivity index (χ0) is 17.7. The Morgan fingerprint density at radius 2 is 2.21 bits per heavy atom. The van der Waals surface area contributed by atoms with Crippen molar-refractivity contribution in [2.45, 2.75) is 36.9 Å². The van der Waals surface area contributed by atoms with Crippen LogP contribution < -0.4 is 11.5 Å². The fourth-order valence-corrected chi connectivity index (χ4v) is 3.59. The first-order valence-corrected chi connectivity index (χ1v) is 8.55. The van der Waals surface area contributed by atoms with E-state index in [2.05, 4.69) is 9.44 Å². The normalized spacial score (nSPS) is 32.8. The summed E-state index contributed by atoms with van der Waals surface area (Å²) >= 11 is 0. The van der Waals surface area contributed by atoms with E-state index >= 15 is 0 Å². The molecule has 0 saturated carbocycles. The minimum absolute atomic E-state index is 0.0527. The van der Waals surface area contributed by atoms with Crippen LogP contribution in [-0.2, 0) is 24.3 Å². The fourth-order valence-electron chi connectivity index (χ4n) is 3.20. The van der Waals surface area contributed by atoms with E-state index in [9.17, 15) is 18.0 Å². The number of rotatable bonds is 5. The van der Waals surface area contributed by atoms with Gasteiger partial charge in [-0.15, -0.1) is 4.28 Å². The largest absolute Gasteiger partial charge is 0.418 e. The number of hydrogen-bond acceptors (Lipinski definition) is 8. The van der Waals surface area contributed by atoms with Crippen LogP contribution in [0.3, 0.4) is 0 Å². The standard InChI is InChI=1S/C11H17N5O7S/c12-5-11(9(13)17)3-7(14-22-11)8-2-1-6-4-15(8)10(18)16(6)23-24(19,20)21/h6,8H,1-5,12H2,(H2,13,17)(H,19,20,21)/t6-,8+,11?/m1/s1. The zero-order valence-corrected chi connectivity index (χ0v) is 13.3. The summed E-state index contributed by atoms with van der Waals surface area (Å²) in [5.41, 5.74) is 9.86. The van der Waals surface area contributed by atoms with Gasteiger partial charge in [-0.2, -0.15) is 13.5 Å². The number of piperidine rings is 1. The van der Waals surface area contributed by atoms with Crippen LogP contribution in [-0.4, -0.2) is 71.4 Å². The first-order chi connectivity index (χ1) is 11.2. The number of amides is 3. The van der Waals surface area contributed by atoms with Crippen molar-refractivity contribution in [2.75, 3.05) is 13.1 Å². The number of oxime groups is 1. The van der Waals surface area contributed by atoms with Crippen molar-refractivity contribution < 1.29 is 31.7 Å². The lowest BCUT2D eigenvalue weighted by Crippen LogP contribution is -2.52. The summed E-state index contributed by atoms with van der Waals surface area (Å²) in [4.78, 5) is 30.4. The third-order valence-corrected chi connectivity index (χ3v) is 4.81. The number of carbonyl (C=O) groups is 2. The predicted octanol–water partition coefficient (Wildman–Crippen LogP) is -2.05. The van der Waals surface area contributed by atoms with E-state index in [0.717, 1.165) is 0 Å². The van der Waals surface area contributed by atoms with Gasteiger partial charge in [-0.1, -0.05) is 5.16 Å². The van der Waals surface area contributed by atoms with Gasteiger partial charge in [0.05, 0.1) is 17.8 Å². The van der Waals surface area contributed by atoms with Crippen molar-refractivity contribution in [3.8, 4) is 0 Å². The Balaban J connectivity index is 1.77. The molecule has 0 aliphatic carbocycles. The summed E-state index contributed by atoms with van der Waals surface area (Å²) in [5, 5.41) is 4.51. The molecular formula is C11H17N5O7S. The molecule has 3 aliphatic rings. The van der Waals surface area contributed by atoms with Crippen molar-refractivity contribution in [2.24, 2.45) is 16.6 Å². The van der Waals surface area contributed by atoms with Gasteiger partial charge in [-0.25, -0.2) is 4.79 Å². The van der Waals surface area contributed by atoms with E-state index in [-0.39, 0.29) is 19.5 Å². The third-order valence-electron chi connectivity index (χ3n) is 4.47. The van der Waals surface area contributed by atoms with Crippen LogP contribution in [0.5, 0.6) is 0 Å². The molecule has 2 saturated heterocycles. The molecular weight excluding hydrogens is 346 g/mol. The molecule has 2 bridgehead atoms. The first kappa shape index (κ1) is 16.9. The van der Waals surface area contributed by atoms with Crippen LogP contribution in [0, 0.1) is 0 Å². The van der Waals surface area contributed by atoms with Crippen molar-refractivity contribution in [1.82, 2.24) is 9.96 Å². The van der Waals surface area contributed by atoms with Crippen molar-refractivity contribution in [1.29, 1.82) is 0 Å². The quantitative estimate of drug-likeness (QED) is 0.467. The number of carbonyl (C=O) groups excluding carboxylic acids is 2. The Morgan fingerprint density at radius 3 is 2.75 bits per heavy atom. The lowest BCUT2D eigenvalue weighted by Gasteiger charge is -2.30. The lowest BCUT2D eigenvalue weighted by molar-refractivity contribution is -0.139. The molecule has 0 aromatic heterocycles. The zero-order valence-electron chi connectivity index (χ0n) is 12.5. The first-order valence-electron chi connectivity index (χ1n) is 7.18. The van der Waals surface area contributed by atoms with Crippen molar-refractivity contribution in [3.05, 3.63) is 0 Å². The summed E-state index contributed by atoms with van der Waals surface area (Å²) in [6, 6.07) is -1.71. The second-order valence-electron chi connectivity index (χ2n) is 5.92. The maximum Gasteiger partial charge on any atom is 0.418 e. The Hall–Kier alpha value is -1.96. The van der Waals surface area contributed by atoms with E-state index in [1.165, 1.54) is 4.90 Å². The smallest absolute Gasteiger partial charge is 0.377 e. The average Bonchev–Trinajstić information content (AvgIpc) is 3.04. The maximum atomic E-state index is 12.3. The Labute approximate surface area is 137 Å². The maximum absolute atomic E-state index is 12.3.